The first-order valence-electron chi connectivity index (χ1n) is 9.52. The Morgan fingerprint density at radius 1 is 1.12 bits per heavy atom. The first-order valence-corrected chi connectivity index (χ1v) is 9.52. The fourth-order valence-electron chi connectivity index (χ4n) is 5.12. The van der Waals surface area contributed by atoms with Crippen molar-refractivity contribution in [3.63, 3.8) is 0 Å². The molecule has 7 nitrogen and oxygen atoms in total. The van der Waals surface area contributed by atoms with Crippen LogP contribution in [0.1, 0.15) is 51.3 Å². The Hall–Kier alpha value is -1.89. The van der Waals surface area contributed by atoms with Gasteiger partial charge in [0.05, 0.1) is 12.2 Å². The lowest BCUT2D eigenvalue weighted by Gasteiger charge is -2.16. The number of aromatic nitrogens is 4. The number of rotatable bonds is 5. The number of hydrogen-bond acceptors (Lipinski definition) is 4. The number of H-pyrrole nitrogens is 1. The van der Waals surface area contributed by atoms with Crippen LogP contribution in [0, 0.1) is 11.8 Å². The zero-order valence-corrected chi connectivity index (χ0v) is 14.7. The van der Waals surface area contributed by atoms with Crippen LogP contribution in [0.3, 0.4) is 0 Å². The molecule has 0 radical (unpaired) electrons. The normalized spacial score (nSPS) is 32.5. The van der Waals surface area contributed by atoms with Crippen LogP contribution in [0.2, 0.25) is 0 Å². The minimum absolute atomic E-state index is 0.238. The van der Waals surface area contributed by atoms with E-state index in [2.05, 4.69) is 4.98 Å². The fourth-order valence-corrected chi connectivity index (χ4v) is 5.12. The first kappa shape index (κ1) is 15.4. The maximum Gasteiger partial charge on any atom is 0.332 e. The van der Waals surface area contributed by atoms with E-state index in [0.717, 1.165) is 25.1 Å². The molecule has 2 bridgehead atoms. The van der Waals surface area contributed by atoms with Gasteiger partial charge in [0, 0.05) is 19.0 Å². The Morgan fingerprint density at radius 2 is 1.88 bits per heavy atom. The van der Waals surface area contributed by atoms with Crippen molar-refractivity contribution in [1.82, 2.24) is 19.1 Å². The molecule has 1 saturated heterocycles. The van der Waals surface area contributed by atoms with E-state index in [1.54, 1.807) is 4.57 Å². The van der Waals surface area contributed by atoms with Crippen molar-refractivity contribution in [2.45, 2.75) is 70.7 Å². The smallest absolute Gasteiger partial charge is 0.332 e. The summed E-state index contributed by atoms with van der Waals surface area (Å²) in [5, 5.41) is 0. The van der Waals surface area contributed by atoms with Gasteiger partial charge in [-0.1, -0.05) is 13.8 Å². The predicted octanol–water partition coefficient (Wildman–Crippen LogP) is 1.60. The lowest BCUT2D eigenvalue weighted by atomic mass is 9.88. The zero-order chi connectivity index (χ0) is 17.3. The van der Waals surface area contributed by atoms with Crippen LogP contribution in [-0.4, -0.2) is 31.3 Å². The van der Waals surface area contributed by atoms with Crippen molar-refractivity contribution < 1.29 is 4.74 Å². The lowest BCUT2D eigenvalue weighted by Crippen LogP contribution is -2.40. The molecule has 2 aliphatic carbocycles. The molecule has 2 aromatic heterocycles. The molecule has 2 aromatic rings. The Bertz CT molecular complexity index is 956. The van der Waals surface area contributed by atoms with Crippen LogP contribution >= 0.6 is 0 Å². The van der Waals surface area contributed by atoms with Gasteiger partial charge >= 0.3 is 5.69 Å². The number of aromatic amines is 1. The molecule has 3 heterocycles. The Kier molecular flexibility index (Phi) is 3.26. The molecule has 134 valence electrons. The summed E-state index contributed by atoms with van der Waals surface area (Å²) in [4.78, 5) is 33.6. The van der Waals surface area contributed by atoms with Gasteiger partial charge in [0.25, 0.3) is 5.56 Å². The molecule has 7 heteroatoms. The Labute approximate surface area is 145 Å². The topological polar surface area (TPSA) is 85.2 Å². The zero-order valence-electron chi connectivity index (χ0n) is 14.7. The van der Waals surface area contributed by atoms with Crippen LogP contribution in [0.15, 0.2) is 9.59 Å². The van der Waals surface area contributed by atoms with Crippen LogP contribution < -0.4 is 11.2 Å². The van der Waals surface area contributed by atoms with Crippen molar-refractivity contribution in [2.24, 2.45) is 11.8 Å². The SMILES string of the molecule is CCCn1c(=O)c2[nH]c(C3C[C@@H]4C[C@H]3[C@H]3O[C@@H]43)nc2n(CCC)c1=O. The second-order valence-electron chi connectivity index (χ2n) is 7.78. The monoisotopic (exact) mass is 344 g/mol. The standard InChI is InChI=1S/C18H24N4O3/c1-3-5-21-16-12(17(23)22(6-4-2)18(21)24)19-15(20-16)11-8-9-7-10(11)14-13(9)25-14/h9-11,13-14H,3-8H2,1-2H3,(H,19,20)/t9-,10+,11?,13-,14+/m0/s1. The van der Waals surface area contributed by atoms with E-state index < -0.39 is 0 Å². The van der Waals surface area contributed by atoms with Crippen molar-refractivity contribution in [3.8, 4) is 0 Å². The van der Waals surface area contributed by atoms with Crippen molar-refractivity contribution >= 4 is 11.2 Å². The van der Waals surface area contributed by atoms with Crippen molar-refractivity contribution in [1.29, 1.82) is 0 Å². The van der Waals surface area contributed by atoms with Gasteiger partial charge in [-0.05, 0) is 37.5 Å². The summed E-state index contributed by atoms with van der Waals surface area (Å²) < 4.78 is 8.77. The van der Waals surface area contributed by atoms with Gasteiger partial charge in [-0.2, -0.15) is 0 Å². The maximum atomic E-state index is 12.8. The van der Waals surface area contributed by atoms with Gasteiger partial charge in [0.15, 0.2) is 5.65 Å². The van der Waals surface area contributed by atoms with E-state index >= 15 is 0 Å². The first-order chi connectivity index (χ1) is 12.1. The fraction of sp³-hybridized carbons (Fsp3) is 0.722. The lowest BCUT2D eigenvalue weighted by molar-refractivity contribution is 0.260. The third-order valence-electron chi connectivity index (χ3n) is 6.22. The number of ether oxygens (including phenoxy) is 1. The number of fused-ring (bicyclic) bond motifs is 6. The number of nitrogens with zero attached hydrogens (tertiary/aromatic N) is 3. The minimum Gasteiger partial charge on any atom is -0.369 e. The Morgan fingerprint density at radius 3 is 2.56 bits per heavy atom. The van der Waals surface area contributed by atoms with E-state index in [9.17, 15) is 9.59 Å². The van der Waals surface area contributed by atoms with Gasteiger partial charge in [-0.15, -0.1) is 0 Å². The minimum atomic E-state index is -0.239. The molecule has 0 amide bonds. The highest BCUT2D eigenvalue weighted by Gasteiger charge is 2.63. The second kappa shape index (κ2) is 5.30. The highest BCUT2D eigenvalue weighted by molar-refractivity contribution is 5.70. The number of hydrogen-bond donors (Lipinski definition) is 1. The molecule has 5 rings (SSSR count). The average molecular weight is 344 g/mol. The highest BCUT2D eigenvalue weighted by atomic mass is 16.6. The van der Waals surface area contributed by atoms with Gasteiger partial charge in [0.1, 0.15) is 11.3 Å². The van der Waals surface area contributed by atoms with Gasteiger partial charge in [0.2, 0.25) is 0 Å². The largest absolute Gasteiger partial charge is 0.369 e. The van der Waals surface area contributed by atoms with E-state index in [4.69, 9.17) is 9.72 Å². The molecule has 3 fully saturated rings. The predicted molar refractivity (Wildman–Crippen MR) is 92.8 cm³/mol. The summed E-state index contributed by atoms with van der Waals surface area (Å²) in [5.41, 5.74) is 0.525. The Balaban J connectivity index is 1.65. The highest BCUT2D eigenvalue weighted by Crippen LogP contribution is 2.61. The maximum absolute atomic E-state index is 12.8. The summed E-state index contributed by atoms with van der Waals surface area (Å²) in [6.45, 7) is 5.02. The van der Waals surface area contributed by atoms with Crippen LogP contribution in [-0.2, 0) is 17.8 Å². The van der Waals surface area contributed by atoms with E-state index in [0.29, 0.717) is 54.2 Å². The average Bonchev–Trinajstić information content (AvgIpc) is 2.99. The number of nitrogens with one attached hydrogen (secondary N) is 1. The van der Waals surface area contributed by atoms with E-state index in [1.807, 2.05) is 13.8 Å². The molecule has 1 N–H and O–H groups in total. The van der Waals surface area contributed by atoms with Crippen LogP contribution in [0.5, 0.6) is 0 Å². The molecule has 2 saturated carbocycles. The molecule has 0 aromatic carbocycles. The van der Waals surface area contributed by atoms with Gasteiger partial charge in [-0.3, -0.25) is 13.9 Å². The van der Waals surface area contributed by atoms with Crippen molar-refractivity contribution in [3.05, 3.63) is 26.7 Å². The molecule has 5 atom stereocenters. The quantitative estimate of drug-likeness (QED) is 0.835. The summed E-state index contributed by atoms with van der Waals surface area (Å²) in [6, 6.07) is 0. The molecule has 0 spiro atoms. The van der Waals surface area contributed by atoms with Crippen LogP contribution in [0.25, 0.3) is 11.2 Å². The number of aryl methyl sites for hydroxylation is 1. The van der Waals surface area contributed by atoms with Gasteiger partial charge in [-0.25, -0.2) is 9.78 Å². The molecule has 25 heavy (non-hydrogen) atoms. The summed E-state index contributed by atoms with van der Waals surface area (Å²) >= 11 is 0. The number of imidazole rings is 1. The molecule has 3 aliphatic rings. The van der Waals surface area contributed by atoms with E-state index in [1.165, 1.54) is 11.0 Å². The van der Waals surface area contributed by atoms with Gasteiger partial charge < -0.3 is 9.72 Å². The molecule has 1 aliphatic heterocycles. The molecule has 1 unspecified atom stereocenters. The second-order valence-corrected chi connectivity index (χ2v) is 7.78. The van der Waals surface area contributed by atoms with Crippen molar-refractivity contribution in [2.75, 3.05) is 0 Å². The number of epoxide rings is 1. The summed E-state index contributed by atoms with van der Waals surface area (Å²) in [7, 11) is 0. The van der Waals surface area contributed by atoms with E-state index in [-0.39, 0.29) is 11.2 Å². The summed E-state index contributed by atoms with van der Waals surface area (Å²) in [6.07, 6.45) is 4.73. The van der Waals surface area contributed by atoms with Crippen LogP contribution in [0.4, 0.5) is 0 Å². The molecular weight excluding hydrogens is 320 g/mol. The summed E-state index contributed by atoms with van der Waals surface area (Å²) in [5.74, 6) is 2.35. The third kappa shape index (κ3) is 2.05. The molecular formula is C18H24N4O3. The third-order valence-corrected chi connectivity index (χ3v) is 6.22.